The minimum atomic E-state index is 0.730. The summed E-state index contributed by atoms with van der Waals surface area (Å²) in [5, 5.41) is 6.59. The molecule has 0 spiro atoms. The van der Waals surface area contributed by atoms with Crippen LogP contribution in [0.1, 0.15) is 16.7 Å². The van der Waals surface area contributed by atoms with Gasteiger partial charge in [-0.1, -0.05) is 42.5 Å². The van der Waals surface area contributed by atoms with Crippen LogP contribution in [-0.2, 0) is 6.54 Å². The lowest BCUT2D eigenvalue weighted by Crippen LogP contribution is -2.30. The zero-order chi connectivity index (χ0) is 17.1. The number of nitrogens with zero attached hydrogens (tertiary/aromatic N) is 1. The number of thiocarbonyl (C=S) groups is 1. The highest BCUT2D eigenvalue weighted by Gasteiger charge is 2.07. The fourth-order valence-corrected chi connectivity index (χ4v) is 3.13. The van der Waals surface area contributed by atoms with Gasteiger partial charge in [0, 0.05) is 19.3 Å². The van der Waals surface area contributed by atoms with Crippen LogP contribution in [0.5, 0.6) is 0 Å². The molecule has 0 amide bonds. The van der Waals surface area contributed by atoms with E-state index < -0.39 is 0 Å². The number of fused-ring (bicyclic) bond motifs is 1. The van der Waals surface area contributed by atoms with E-state index in [9.17, 15) is 0 Å². The molecule has 0 heterocycles. The summed E-state index contributed by atoms with van der Waals surface area (Å²) in [5.41, 5.74) is 4.76. The fourth-order valence-electron chi connectivity index (χ4n) is 2.95. The lowest BCUT2D eigenvalue weighted by Gasteiger charge is -2.22. The first-order valence-electron chi connectivity index (χ1n) is 8.09. The lowest BCUT2D eigenvalue weighted by molar-refractivity contribution is 0.509. The molecule has 0 aromatic heterocycles. The SMILES string of the molecule is Cc1cc(C)cc(NC(=S)N(C)Cc2ccc3ccccc3c2)c1. The molecule has 0 atom stereocenters. The first-order chi connectivity index (χ1) is 11.5. The normalized spacial score (nSPS) is 10.6. The summed E-state index contributed by atoms with van der Waals surface area (Å²) in [6, 6.07) is 21.4. The Kier molecular flexibility index (Phi) is 4.81. The van der Waals surface area contributed by atoms with Crippen LogP contribution in [0.2, 0.25) is 0 Å². The maximum atomic E-state index is 5.56. The average Bonchev–Trinajstić information content (AvgIpc) is 2.53. The van der Waals surface area contributed by atoms with Crippen LogP contribution in [0.25, 0.3) is 10.8 Å². The van der Waals surface area contributed by atoms with Gasteiger partial charge in [0.2, 0.25) is 0 Å². The molecule has 0 bridgehead atoms. The molecule has 24 heavy (non-hydrogen) atoms. The van der Waals surface area contributed by atoms with E-state index in [0.717, 1.165) is 17.3 Å². The van der Waals surface area contributed by atoms with Gasteiger partial charge in [0.15, 0.2) is 5.11 Å². The molecule has 0 saturated heterocycles. The zero-order valence-corrected chi connectivity index (χ0v) is 15.2. The van der Waals surface area contributed by atoms with Gasteiger partial charge in [0.25, 0.3) is 0 Å². The van der Waals surface area contributed by atoms with E-state index in [1.54, 1.807) is 0 Å². The third kappa shape index (κ3) is 3.92. The van der Waals surface area contributed by atoms with Gasteiger partial charge in [-0.2, -0.15) is 0 Å². The summed E-state index contributed by atoms with van der Waals surface area (Å²) in [6.45, 7) is 4.97. The monoisotopic (exact) mass is 334 g/mol. The lowest BCUT2D eigenvalue weighted by atomic mass is 10.1. The smallest absolute Gasteiger partial charge is 0.173 e. The number of hydrogen-bond donors (Lipinski definition) is 1. The van der Waals surface area contributed by atoms with Crippen molar-refractivity contribution in [3.63, 3.8) is 0 Å². The van der Waals surface area contributed by atoms with E-state index in [1.165, 1.54) is 27.5 Å². The molecule has 1 N–H and O–H groups in total. The Morgan fingerprint density at radius 1 is 0.917 bits per heavy atom. The molecule has 0 radical (unpaired) electrons. The molecule has 0 aliphatic rings. The summed E-state index contributed by atoms with van der Waals surface area (Å²) in [7, 11) is 2.02. The van der Waals surface area contributed by atoms with Crippen molar-refractivity contribution in [2.75, 3.05) is 12.4 Å². The molecule has 0 aliphatic heterocycles. The second-order valence-electron chi connectivity index (χ2n) is 6.34. The second-order valence-corrected chi connectivity index (χ2v) is 6.73. The predicted molar refractivity (Wildman–Crippen MR) is 108 cm³/mol. The van der Waals surface area contributed by atoms with Crippen molar-refractivity contribution < 1.29 is 0 Å². The zero-order valence-electron chi connectivity index (χ0n) is 14.3. The highest BCUT2D eigenvalue weighted by Crippen LogP contribution is 2.18. The van der Waals surface area contributed by atoms with E-state index in [4.69, 9.17) is 12.2 Å². The Labute approximate surface area is 149 Å². The molecule has 122 valence electrons. The van der Waals surface area contributed by atoms with Crippen molar-refractivity contribution in [1.82, 2.24) is 4.90 Å². The van der Waals surface area contributed by atoms with Gasteiger partial charge < -0.3 is 10.2 Å². The van der Waals surface area contributed by atoms with Crippen molar-refractivity contribution in [2.24, 2.45) is 0 Å². The fraction of sp³-hybridized carbons (Fsp3) is 0.190. The van der Waals surface area contributed by atoms with Crippen LogP contribution in [0.4, 0.5) is 5.69 Å². The number of benzene rings is 3. The van der Waals surface area contributed by atoms with E-state index in [1.807, 2.05) is 7.05 Å². The first-order valence-corrected chi connectivity index (χ1v) is 8.50. The van der Waals surface area contributed by atoms with E-state index in [0.29, 0.717) is 0 Å². The summed E-state index contributed by atoms with van der Waals surface area (Å²) >= 11 is 5.56. The highest BCUT2D eigenvalue weighted by molar-refractivity contribution is 7.80. The van der Waals surface area contributed by atoms with Crippen molar-refractivity contribution in [2.45, 2.75) is 20.4 Å². The van der Waals surface area contributed by atoms with Crippen LogP contribution in [0, 0.1) is 13.8 Å². The van der Waals surface area contributed by atoms with Gasteiger partial charge in [-0.15, -0.1) is 0 Å². The molecule has 3 rings (SSSR count). The topological polar surface area (TPSA) is 15.3 Å². The number of nitrogens with one attached hydrogen (secondary N) is 1. The van der Waals surface area contributed by atoms with Gasteiger partial charge in [-0.3, -0.25) is 0 Å². The minimum Gasteiger partial charge on any atom is -0.348 e. The molecule has 3 aromatic carbocycles. The third-order valence-electron chi connectivity index (χ3n) is 4.05. The van der Waals surface area contributed by atoms with Crippen LogP contribution >= 0.6 is 12.2 Å². The molecule has 0 saturated carbocycles. The summed E-state index contributed by atoms with van der Waals surface area (Å²) < 4.78 is 0. The molecular formula is C21H22N2S. The molecular weight excluding hydrogens is 312 g/mol. The van der Waals surface area contributed by atoms with Crippen molar-refractivity contribution in [1.29, 1.82) is 0 Å². The molecule has 2 nitrogen and oxygen atoms in total. The summed E-state index contributed by atoms with van der Waals surface area (Å²) in [6.07, 6.45) is 0. The Morgan fingerprint density at radius 3 is 2.29 bits per heavy atom. The Balaban J connectivity index is 1.70. The first kappa shape index (κ1) is 16.5. The summed E-state index contributed by atoms with van der Waals surface area (Å²) in [5.74, 6) is 0. The number of aryl methyl sites for hydroxylation is 2. The van der Waals surface area contributed by atoms with Gasteiger partial charge >= 0.3 is 0 Å². The number of anilines is 1. The average molecular weight is 334 g/mol. The number of hydrogen-bond acceptors (Lipinski definition) is 1. The Hall–Kier alpha value is -2.39. The van der Waals surface area contributed by atoms with Crippen LogP contribution in [0.15, 0.2) is 60.7 Å². The molecule has 0 aliphatic carbocycles. The van der Waals surface area contributed by atoms with Crippen LogP contribution in [0.3, 0.4) is 0 Å². The van der Waals surface area contributed by atoms with E-state index >= 15 is 0 Å². The van der Waals surface area contributed by atoms with Crippen molar-refractivity contribution in [3.8, 4) is 0 Å². The summed E-state index contributed by atoms with van der Waals surface area (Å²) in [4.78, 5) is 2.07. The standard InChI is InChI=1S/C21H22N2S/c1-15-10-16(2)12-20(11-15)22-21(24)23(3)14-17-8-9-18-6-4-5-7-19(18)13-17/h4-13H,14H2,1-3H3,(H,22,24). The molecule has 3 aromatic rings. The van der Waals surface area contributed by atoms with Crippen LogP contribution < -0.4 is 5.32 Å². The van der Waals surface area contributed by atoms with E-state index in [2.05, 4.69) is 84.7 Å². The minimum absolute atomic E-state index is 0.730. The van der Waals surface area contributed by atoms with E-state index in [-0.39, 0.29) is 0 Å². The maximum Gasteiger partial charge on any atom is 0.173 e. The quantitative estimate of drug-likeness (QED) is 0.656. The molecule has 0 unspecified atom stereocenters. The van der Waals surface area contributed by atoms with Gasteiger partial charge in [-0.05, 0) is 71.7 Å². The van der Waals surface area contributed by atoms with Gasteiger partial charge in [0.1, 0.15) is 0 Å². The van der Waals surface area contributed by atoms with Gasteiger partial charge in [-0.25, -0.2) is 0 Å². The third-order valence-corrected chi connectivity index (χ3v) is 4.47. The predicted octanol–water partition coefficient (Wildman–Crippen LogP) is 5.29. The molecule has 3 heteroatoms. The largest absolute Gasteiger partial charge is 0.348 e. The Bertz CT molecular complexity index is 866. The highest BCUT2D eigenvalue weighted by atomic mass is 32.1. The second kappa shape index (κ2) is 7.02. The van der Waals surface area contributed by atoms with Crippen LogP contribution in [-0.4, -0.2) is 17.1 Å². The van der Waals surface area contributed by atoms with Crippen molar-refractivity contribution in [3.05, 3.63) is 77.4 Å². The Morgan fingerprint density at radius 2 is 1.58 bits per heavy atom. The van der Waals surface area contributed by atoms with Crippen molar-refractivity contribution >= 4 is 33.8 Å². The maximum absolute atomic E-state index is 5.56. The number of rotatable bonds is 3. The van der Waals surface area contributed by atoms with Gasteiger partial charge in [0.05, 0.1) is 0 Å². The molecule has 0 fully saturated rings.